The molecule has 2 aromatic rings. The van der Waals surface area contributed by atoms with Crippen LogP contribution in [0.5, 0.6) is 5.75 Å². The zero-order valence-electron chi connectivity index (χ0n) is 17.0. The number of benzene rings is 2. The van der Waals surface area contributed by atoms with Crippen LogP contribution in [-0.4, -0.2) is 24.8 Å². The molecule has 1 aliphatic carbocycles. The van der Waals surface area contributed by atoms with Crippen molar-refractivity contribution in [3.63, 3.8) is 0 Å². The second kappa shape index (κ2) is 8.93. The third kappa shape index (κ3) is 4.64. The number of anilines is 1. The van der Waals surface area contributed by atoms with Crippen molar-refractivity contribution in [2.45, 2.75) is 25.8 Å². The molecule has 1 saturated carbocycles. The molecule has 1 heterocycles. The molecule has 0 saturated heterocycles. The van der Waals surface area contributed by atoms with Gasteiger partial charge in [-0.05, 0) is 52.5 Å². The van der Waals surface area contributed by atoms with E-state index in [0.29, 0.717) is 16.7 Å². The van der Waals surface area contributed by atoms with Gasteiger partial charge in [-0.3, -0.25) is 25.2 Å². The Morgan fingerprint density at radius 1 is 1.10 bits per heavy atom. The van der Waals surface area contributed by atoms with Gasteiger partial charge in [-0.1, -0.05) is 30.3 Å². The minimum absolute atomic E-state index is 0.0331. The number of hydrazine groups is 1. The number of ether oxygens (including phenoxy) is 1. The van der Waals surface area contributed by atoms with E-state index in [1.807, 2.05) is 48.5 Å². The Morgan fingerprint density at radius 3 is 2.48 bits per heavy atom. The summed E-state index contributed by atoms with van der Waals surface area (Å²) >= 11 is 3.52. The van der Waals surface area contributed by atoms with E-state index in [1.165, 1.54) is 0 Å². The highest BCUT2D eigenvalue weighted by Crippen LogP contribution is 2.38. The number of hydrogen-bond donors (Lipinski definition) is 2. The number of fused-ring (bicyclic) bond motifs is 1. The van der Waals surface area contributed by atoms with Gasteiger partial charge in [-0.2, -0.15) is 0 Å². The van der Waals surface area contributed by atoms with Crippen molar-refractivity contribution in [3.05, 3.63) is 65.2 Å². The third-order valence-electron chi connectivity index (χ3n) is 5.35. The Kier molecular flexibility index (Phi) is 6.08. The van der Waals surface area contributed by atoms with Crippen molar-refractivity contribution < 1.29 is 19.1 Å². The molecule has 0 unspecified atom stereocenters. The maximum atomic E-state index is 13.2. The fraction of sp³-hybridized carbons (Fsp3) is 0.261. The number of amides is 3. The van der Waals surface area contributed by atoms with Crippen LogP contribution in [0, 0.1) is 5.92 Å². The van der Waals surface area contributed by atoms with Gasteiger partial charge in [-0.15, -0.1) is 0 Å². The number of carbonyl (C=O) groups excluding carboxylic acids is 3. The number of nitrogens with zero attached hydrogens (tertiary/aromatic N) is 1. The minimum atomic E-state index is -0.504. The first-order chi connectivity index (χ1) is 15.0. The molecule has 0 spiro atoms. The highest BCUT2D eigenvalue weighted by atomic mass is 79.9. The van der Waals surface area contributed by atoms with E-state index in [9.17, 15) is 14.4 Å². The summed E-state index contributed by atoms with van der Waals surface area (Å²) in [5, 5.41) is 0. The van der Waals surface area contributed by atoms with Crippen LogP contribution >= 0.6 is 15.9 Å². The molecular weight excluding hydrogens is 462 g/mol. The van der Waals surface area contributed by atoms with Gasteiger partial charge in [0.2, 0.25) is 11.8 Å². The van der Waals surface area contributed by atoms with E-state index in [4.69, 9.17) is 4.74 Å². The second-order valence-corrected chi connectivity index (χ2v) is 8.33. The molecule has 0 radical (unpaired) electrons. The molecule has 4 rings (SSSR count). The zero-order chi connectivity index (χ0) is 22.0. The van der Waals surface area contributed by atoms with Gasteiger partial charge in [0.05, 0.1) is 25.8 Å². The zero-order valence-corrected chi connectivity index (χ0v) is 18.6. The summed E-state index contributed by atoms with van der Waals surface area (Å²) in [5.41, 5.74) is 7.55. The lowest BCUT2D eigenvalue weighted by molar-refractivity contribution is -0.128. The number of halogens is 1. The number of para-hydroxylation sites is 1. The van der Waals surface area contributed by atoms with Crippen LogP contribution in [0.4, 0.5) is 5.69 Å². The molecule has 0 bridgehead atoms. The average molecular weight is 484 g/mol. The molecule has 2 aromatic carbocycles. The number of carbonyl (C=O) groups is 3. The molecular formula is C23H22BrN3O4. The summed E-state index contributed by atoms with van der Waals surface area (Å²) in [6.45, 7) is 0.355. The summed E-state index contributed by atoms with van der Waals surface area (Å²) < 4.78 is 5.74. The number of hydrogen-bond acceptors (Lipinski definition) is 4. The summed E-state index contributed by atoms with van der Waals surface area (Å²) in [6.07, 6.45) is 1.57. The standard InChI is InChI=1S/C23H22BrN3O4/c1-31-16-10-6-14(7-11-16)13-27-19-5-3-2-4-17(19)21(24)18(12-20(27)28)23(30)26-25-22(29)15-8-9-15/h2-7,10-11,15H,8-9,12-13H2,1H3,(H,25,29)(H,26,30). The van der Waals surface area contributed by atoms with Crippen molar-refractivity contribution in [1.82, 2.24) is 10.9 Å². The second-order valence-electron chi connectivity index (χ2n) is 7.53. The quantitative estimate of drug-likeness (QED) is 0.638. The molecule has 1 aliphatic heterocycles. The SMILES string of the molecule is COc1ccc(CN2C(=O)CC(C(=O)NNC(=O)C3CC3)=C(Br)c3ccccc32)cc1. The van der Waals surface area contributed by atoms with E-state index < -0.39 is 5.91 Å². The van der Waals surface area contributed by atoms with Crippen LogP contribution in [0.2, 0.25) is 0 Å². The third-order valence-corrected chi connectivity index (χ3v) is 6.25. The fourth-order valence-electron chi connectivity index (χ4n) is 3.42. The predicted molar refractivity (Wildman–Crippen MR) is 120 cm³/mol. The molecule has 3 amide bonds. The van der Waals surface area contributed by atoms with E-state index in [1.54, 1.807) is 12.0 Å². The van der Waals surface area contributed by atoms with Crippen molar-refractivity contribution in [3.8, 4) is 5.75 Å². The molecule has 0 atom stereocenters. The normalized spacial score (nSPS) is 15.8. The highest BCUT2D eigenvalue weighted by molar-refractivity contribution is 9.15. The minimum Gasteiger partial charge on any atom is -0.497 e. The maximum absolute atomic E-state index is 13.2. The van der Waals surface area contributed by atoms with Crippen LogP contribution < -0.4 is 20.5 Å². The van der Waals surface area contributed by atoms with Gasteiger partial charge >= 0.3 is 0 Å². The largest absolute Gasteiger partial charge is 0.497 e. The van der Waals surface area contributed by atoms with E-state index >= 15 is 0 Å². The predicted octanol–water partition coefficient (Wildman–Crippen LogP) is 3.30. The Bertz CT molecular complexity index is 1060. The smallest absolute Gasteiger partial charge is 0.267 e. The van der Waals surface area contributed by atoms with Crippen LogP contribution in [-0.2, 0) is 20.9 Å². The van der Waals surface area contributed by atoms with Gasteiger partial charge in [-0.25, -0.2) is 0 Å². The Balaban J connectivity index is 1.59. The molecule has 31 heavy (non-hydrogen) atoms. The Hall–Kier alpha value is -3.13. The first-order valence-electron chi connectivity index (χ1n) is 9.99. The Morgan fingerprint density at radius 2 is 1.81 bits per heavy atom. The topological polar surface area (TPSA) is 87.7 Å². The molecule has 1 fully saturated rings. The summed E-state index contributed by atoms with van der Waals surface area (Å²) in [5.74, 6) is -0.213. The number of methoxy groups -OCH3 is 1. The highest BCUT2D eigenvalue weighted by Gasteiger charge is 2.32. The van der Waals surface area contributed by atoms with Gasteiger partial charge < -0.3 is 9.64 Å². The summed E-state index contributed by atoms with van der Waals surface area (Å²) in [4.78, 5) is 39.5. The van der Waals surface area contributed by atoms with E-state index in [2.05, 4.69) is 26.8 Å². The van der Waals surface area contributed by atoms with Crippen LogP contribution in [0.25, 0.3) is 4.48 Å². The lowest BCUT2D eigenvalue weighted by Gasteiger charge is -2.23. The molecule has 2 N–H and O–H groups in total. The maximum Gasteiger partial charge on any atom is 0.267 e. The lowest BCUT2D eigenvalue weighted by atomic mass is 10.1. The van der Waals surface area contributed by atoms with Gasteiger partial charge in [0.15, 0.2) is 0 Å². The van der Waals surface area contributed by atoms with Gasteiger partial charge in [0.1, 0.15) is 5.75 Å². The van der Waals surface area contributed by atoms with Crippen molar-refractivity contribution in [1.29, 1.82) is 0 Å². The van der Waals surface area contributed by atoms with Gasteiger partial charge in [0, 0.05) is 21.5 Å². The van der Waals surface area contributed by atoms with E-state index in [-0.39, 0.29) is 29.7 Å². The summed E-state index contributed by atoms with van der Waals surface area (Å²) in [6, 6.07) is 14.9. The van der Waals surface area contributed by atoms with Crippen molar-refractivity contribution in [2.75, 3.05) is 12.0 Å². The molecule has 2 aliphatic rings. The Labute approximate surface area is 188 Å². The average Bonchev–Trinajstić information content (AvgIpc) is 3.64. The first-order valence-corrected chi connectivity index (χ1v) is 10.8. The fourth-order valence-corrected chi connectivity index (χ4v) is 4.08. The first kappa shape index (κ1) is 21.1. The van der Waals surface area contributed by atoms with Crippen LogP contribution in [0.3, 0.4) is 0 Å². The molecule has 160 valence electrons. The summed E-state index contributed by atoms with van der Waals surface area (Å²) in [7, 11) is 1.60. The monoisotopic (exact) mass is 483 g/mol. The molecule has 7 nitrogen and oxygen atoms in total. The number of nitrogens with one attached hydrogen (secondary N) is 2. The molecule has 8 heteroatoms. The van der Waals surface area contributed by atoms with E-state index in [0.717, 1.165) is 29.7 Å². The van der Waals surface area contributed by atoms with Crippen LogP contribution in [0.15, 0.2) is 54.1 Å². The van der Waals surface area contributed by atoms with Gasteiger partial charge in [0.25, 0.3) is 5.91 Å². The number of rotatable bonds is 5. The van der Waals surface area contributed by atoms with Crippen LogP contribution in [0.1, 0.15) is 30.4 Å². The van der Waals surface area contributed by atoms with Crippen molar-refractivity contribution in [2.24, 2.45) is 5.92 Å². The molecule has 0 aromatic heterocycles. The van der Waals surface area contributed by atoms with Crippen molar-refractivity contribution >= 4 is 43.8 Å². The lowest BCUT2D eigenvalue weighted by Crippen LogP contribution is -2.43.